The van der Waals surface area contributed by atoms with E-state index in [0.717, 1.165) is 25.0 Å². The van der Waals surface area contributed by atoms with E-state index in [-0.39, 0.29) is 34.3 Å². The molecule has 2 aromatic rings. The Morgan fingerprint density at radius 1 is 1.32 bits per heavy atom. The largest absolute Gasteiger partial charge is 0.494 e. The fourth-order valence-corrected chi connectivity index (χ4v) is 3.50. The van der Waals surface area contributed by atoms with E-state index >= 15 is 0 Å². The highest BCUT2D eigenvalue weighted by molar-refractivity contribution is 5.87. The van der Waals surface area contributed by atoms with Crippen LogP contribution in [-0.2, 0) is 6.18 Å². The first-order chi connectivity index (χ1) is 13.2. The van der Waals surface area contributed by atoms with E-state index in [2.05, 4.69) is 4.99 Å². The third-order valence-corrected chi connectivity index (χ3v) is 5.00. The van der Waals surface area contributed by atoms with Gasteiger partial charge in [-0.3, -0.25) is 14.4 Å². The van der Waals surface area contributed by atoms with Crippen molar-refractivity contribution in [3.8, 4) is 11.9 Å². The van der Waals surface area contributed by atoms with Crippen molar-refractivity contribution in [3.05, 3.63) is 56.9 Å². The van der Waals surface area contributed by atoms with Crippen molar-refractivity contribution in [3.63, 3.8) is 0 Å². The predicted octanol–water partition coefficient (Wildman–Crippen LogP) is 4.62. The van der Waals surface area contributed by atoms with Gasteiger partial charge in [-0.15, -0.1) is 0 Å². The van der Waals surface area contributed by atoms with Gasteiger partial charge in [0, 0.05) is 12.3 Å². The Labute approximate surface area is 159 Å². The molecule has 0 radical (unpaired) electrons. The summed E-state index contributed by atoms with van der Waals surface area (Å²) in [7, 11) is 0. The highest BCUT2D eigenvalue weighted by Gasteiger charge is 2.30. The maximum atomic E-state index is 12.9. The Bertz CT molecular complexity index is 1030. The van der Waals surface area contributed by atoms with Gasteiger partial charge in [-0.05, 0) is 43.5 Å². The molecular weight excluding hydrogens is 371 g/mol. The molecule has 146 valence electrons. The number of aromatic nitrogens is 1. The van der Waals surface area contributed by atoms with Gasteiger partial charge in [0.25, 0.3) is 5.56 Å². The molecular formula is C20H18F3N3O2. The number of hydrogen-bond donors (Lipinski definition) is 1. The Morgan fingerprint density at radius 2 is 2.00 bits per heavy atom. The quantitative estimate of drug-likeness (QED) is 0.778. The first-order valence-corrected chi connectivity index (χ1v) is 8.83. The second-order valence-corrected chi connectivity index (χ2v) is 6.77. The van der Waals surface area contributed by atoms with Crippen molar-refractivity contribution in [1.82, 2.24) is 4.57 Å². The second-order valence-electron chi connectivity index (χ2n) is 6.77. The molecule has 5 nitrogen and oxygen atoms in total. The highest BCUT2D eigenvalue weighted by atomic mass is 19.4. The molecule has 1 aliphatic rings. The maximum Gasteiger partial charge on any atom is 0.416 e. The number of pyridine rings is 1. The van der Waals surface area contributed by atoms with E-state index < -0.39 is 17.3 Å². The fraction of sp³-hybridized carbons (Fsp3) is 0.350. The smallest absolute Gasteiger partial charge is 0.416 e. The molecule has 0 amide bonds. The first-order valence-electron chi connectivity index (χ1n) is 8.83. The number of aromatic hydroxyl groups is 1. The molecule has 8 heteroatoms. The number of rotatable bonds is 3. The van der Waals surface area contributed by atoms with Crippen LogP contribution in [0, 0.1) is 18.3 Å². The van der Waals surface area contributed by atoms with Crippen LogP contribution in [0.25, 0.3) is 0 Å². The van der Waals surface area contributed by atoms with Crippen LogP contribution >= 0.6 is 0 Å². The first kappa shape index (κ1) is 19.7. The van der Waals surface area contributed by atoms with Crippen LogP contribution in [0.3, 0.4) is 0 Å². The lowest BCUT2D eigenvalue weighted by atomic mass is 10.0. The van der Waals surface area contributed by atoms with Gasteiger partial charge in [0.2, 0.25) is 5.88 Å². The summed E-state index contributed by atoms with van der Waals surface area (Å²) in [5, 5.41) is 20.1. The maximum absolute atomic E-state index is 12.9. The number of alkyl halides is 3. The van der Waals surface area contributed by atoms with Crippen LogP contribution in [0.1, 0.15) is 54.0 Å². The van der Waals surface area contributed by atoms with Crippen molar-refractivity contribution in [1.29, 1.82) is 5.26 Å². The lowest BCUT2D eigenvalue weighted by Crippen LogP contribution is -2.28. The molecule has 28 heavy (non-hydrogen) atoms. The molecule has 1 fully saturated rings. The van der Waals surface area contributed by atoms with Crippen LogP contribution in [-0.4, -0.2) is 15.9 Å². The third kappa shape index (κ3) is 3.65. The minimum atomic E-state index is -4.49. The molecule has 1 N–H and O–H groups in total. The van der Waals surface area contributed by atoms with E-state index in [0.29, 0.717) is 12.8 Å². The summed E-state index contributed by atoms with van der Waals surface area (Å²) >= 11 is 0. The molecule has 0 spiro atoms. The van der Waals surface area contributed by atoms with Crippen molar-refractivity contribution in [2.24, 2.45) is 4.99 Å². The van der Waals surface area contributed by atoms with Crippen LogP contribution in [0.2, 0.25) is 0 Å². The van der Waals surface area contributed by atoms with E-state index in [9.17, 15) is 28.3 Å². The van der Waals surface area contributed by atoms with E-state index in [1.54, 1.807) is 0 Å². The van der Waals surface area contributed by atoms with Gasteiger partial charge in [0.05, 0.1) is 16.8 Å². The molecule has 1 aliphatic carbocycles. The number of halogens is 3. The third-order valence-electron chi connectivity index (χ3n) is 5.00. The highest BCUT2D eigenvalue weighted by Crippen LogP contribution is 2.34. The summed E-state index contributed by atoms with van der Waals surface area (Å²) in [5.74, 6) is -0.316. The van der Waals surface area contributed by atoms with E-state index in [1.165, 1.54) is 29.8 Å². The number of hydrogen-bond acceptors (Lipinski definition) is 4. The van der Waals surface area contributed by atoms with Crippen molar-refractivity contribution >= 4 is 11.9 Å². The van der Waals surface area contributed by atoms with Crippen molar-refractivity contribution in [2.45, 2.75) is 44.8 Å². The lowest BCUT2D eigenvalue weighted by Gasteiger charge is -2.19. The van der Waals surface area contributed by atoms with Gasteiger partial charge in [-0.1, -0.05) is 18.9 Å². The lowest BCUT2D eigenvalue weighted by molar-refractivity contribution is -0.137. The van der Waals surface area contributed by atoms with Gasteiger partial charge < -0.3 is 5.11 Å². The SMILES string of the molecule is Cc1c(C=Nc2cccc(C(F)(F)F)c2)c(O)n(C2CCCC2)c(=O)c1C#N. The second kappa shape index (κ2) is 7.50. The van der Waals surface area contributed by atoms with Crippen LogP contribution in [0.4, 0.5) is 18.9 Å². The normalized spacial score (nSPS) is 15.2. The summed E-state index contributed by atoms with van der Waals surface area (Å²) in [5.41, 5.74) is -1.05. The topological polar surface area (TPSA) is 78.4 Å². The minimum Gasteiger partial charge on any atom is -0.494 e. The fourth-order valence-electron chi connectivity index (χ4n) is 3.50. The van der Waals surface area contributed by atoms with Crippen LogP contribution in [0.5, 0.6) is 5.88 Å². The molecule has 0 bridgehead atoms. The Morgan fingerprint density at radius 3 is 2.61 bits per heavy atom. The monoisotopic (exact) mass is 389 g/mol. The van der Waals surface area contributed by atoms with E-state index in [1.807, 2.05) is 6.07 Å². The van der Waals surface area contributed by atoms with Gasteiger partial charge in [-0.25, -0.2) is 0 Å². The summed E-state index contributed by atoms with van der Waals surface area (Å²) in [6, 6.07) is 6.13. The number of nitriles is 1. The molecule has 3 rings (SSSR count). The Balaban J connectivity index is 2.10. The Kier molecular flexibility index (Phi) is 5.27. The molecule has 0 saturated heterocycles. The average Bonchev–Trinajstić information content (AvgIpc) is 3.15. The molecule has 0 unspecified atom stereocenters. The summed E-state index contributed by atoms with van der Waals surface area (Å²) in [6.45, 7) is 1.51. The average molecular weight is 389 g/mol. The molecule has 0 aliphatic heterocycles. The number of benzene rings is 1. The van der Waals surface area contributed by atoms with Crippen molar-refractivity contribution in [2.75, 3.05) is 0 Å². The summed E-state index contributed by atoms with van der Waals surface area (Å²) < 4.78 is 39.8. The zero-order valence-electron chi connectivity index (χ0n) is 15.1. The minimum absolute atomic E-state index is 0.0470. The van der Waals surface area contributed by atoms with Crippen LogP contribution in [0.15, 0.2) is 34.1 Å². The zero-order valence-corrected chi connectivity index (χ0v) is 15.1. The summed E-state index contributed by atoms with van der Waals surface area (Å²) in [6.07, 6.45) is -0.0315. The number of aliphatic imine (C=N–C) groups is 1. The Hall–Kier alpha value is -3.08. The van der Waals surface area contributed by atoms with Gasteiger partial charge in [0.15, 0.2) is 0 Å². The van der Waals surface area contributed by atoms with Gasteiger partial charge >= 0.3 is 6.18 Å². The molecule has 1 heterocycles. The van der Waals surface area contributed by atoms with E-state index in [4.69, 9.17) is 0 Å². The molecule has 1 aromatic carbocycles. The van der Waals surface area contributed by atoms with Gasteiger partial charge in [0.1, 0.15) is 11.6 Å². The number of nitrogens with zero attached hydrogens (tertiary/aromatic N) is 3. The molecule has 0 atom stereocenters. The standard InChI is InChI=1S/C20H18F3N3O2/c1-12-16(10-24)18(27)26(15-7-2-3-8-15)19(28)17(12)11-25-14-6-4-5-13(9-14)20(21,22)23/h4-6,9,11,15,28H,2-3,7-8H2,1H3. The molecule has 1 saturated carbocycles. The predicted molar refractivity (Wildman–Crippen MR) is 98.0 cm³/mol. The van der Waals surface area contributed by atoms with Crippen molar-refractivity contribution < 1.29 is 18.3 Å². The van der Waals surface area contributed by atoms with Crippen LogP contribution < -0.4 is 5.56 Å². The summed E-state index contributed by atoms with van der Waals surface area (Å²) in [4.78, 5) is 16.7. The zero-order chi connectivity index (χ0) is 20.5. The molecule has 1 aromatic heterocycles. The van der Waals surface area contributed by atoms with Gasteiger partial charge in [-0.2, -0.15) is 18.4 Å².